The molecule has 2 aliphatic rings. The molecule has 2 heterocycles. The summed E-state index contributed by atoms with van der Waals surface area (Å²) in [6, 6.07) is 2.31. The van der Waals surface area contributed by atoms with Crippen molar-refractivity contribution in [3.05, 3.63) is 46.7 Å². The number of hydrogen-bond donors (Lipinski definition) is 1. The monoisotopic (exact) mass is 480 g/mol. The molecule has 1 aromatic rings. The first-order valence-corrected chi connectivity index (χ1v) is 11.4. The molecule has 7 nitrogen and oxygen atoms in total. The average molecular weight is 481 g/mol. The first kappa shape index (κ1) is 25.6. The molecule has 0 radical (unpaired) electrons. The smallest absolute Gasteiger partial charge is 0.344 e. The summed E-state index contributed by atoms with van der Waals surface area (Å²) in [7, 11) is 1.65. The molecule has 0 fully saturated rings. The maximum Gasteiger partial charge on any atom is 0.416 e. The van der Waals surface area contributed by atoms with Gasteiger partial charge in [0, 0.05) is 20.1 Å². The Labute approximate surface area is 197 Å². The molecule has 0 aliphatic carbocycles. The molecule has 10 heteroatoms. The highest BCUT2D eigenvalue weighted by Gasteiger charge is 2.48. The maximum atomic E-state index is 13.8. The van der Waals surface area contributed by atoms with Crippen molar-refractivity contribution >= 4 is 17.8 Å². The summed E-state index contributed by atoms with van der Waals surface area (Å²) in [5.74, 6) is -0.675. The van der Waals surface area contributed by atoms with Gasteiger partial charge in [-0.25, -0.2) is 4.79 Å². The average Bonchev–Trinajstić information content (AvgIpc) is 3.12. The van der Waals surface area contributed by atoms with Gasteiger partial charge in [-0.2, -0.15) is 13.2 Å². The zero-order chi connectivity index (χ0) is 25.4. The number of urea groups is 1. The molecule has 4 amide bonds. The van der Waals surface area contributed by atoms with E-state index in [1.165, 1.54) is 32.9 Å². The van der Waals surface area contributed by atoms with E-state index in [-0.39, 0.29) is 36.1 Å². The van der Waals surface area contributed by atoms with Crippen LogP contribution in [0.3, 0.4) is 0 Å². The van der Waals surface area contributed by atoms with Gasteiger partial charge < -0.3 is 15.1 Å². The Bertz CT molecular complexity index is 1010. The van der Waals surface area contributed by atoms with Gasteiger partial charge in [-0.3, -0.25) is 14.5 Å². The van der Waals surface area contributed by atoms with Gasteiger partial charge in [0.15, 0.2) is 0 Å². The van der Waals surface area contributed by atoms with Crippen LogP contribution in [0, 0.1) is 5.92 Å². The summed E-state index contributed by atoms with van der Waals surface area (Å²) < 4.78 is 41.3. The third-order valence-electron chi connectivity index (χ3n) is 6.35. The molecule has 0 aromatic heterocycles. The molecule has 0 bridgehead atoms. The Morgan fingerprint density at radius 1 is 1.21 bits per heavy atom. The lowest BCUT2D eigenvalue weighted by molar-refractivity contribution is -0.142. The number of carbonyl (C=O) groups excluding carboxylic acids is 3. The lowest BCUT2D eigenvalue weighted by Crippen LogP contribution is -2.49. The minimum Gasteiger partial charge on any atom is -0.344 e. The van der Waals surface area contributed by atoms with Gasteiger partial charge in [0.05, 0.1) is 29.4 Å². The standard InChI is InChI=1S/C24H31F3N4O3/c1-6-29(5)21(32)17(12-14(3)4)31-13-18-19(22(31)33)20(28-23(34)30(18)7-2)15-10-8-9-11-16(15)24(25,26)27/h8-11,14,17,20H,6-7,12-13H2,1-5H3,(H,28,34). The van der Waals surface area contributed by atoms with Gasteiger partial charge >= 0.3 is 12.2 Å². The van der Waals surface area contributed by atoms with Crippen LogP contribution in [-0.2, 0) is 15.8 Å². The van der Waals surface area contributed by atoms with Gasteiger partial charge in [-0.05, 0) is 37.8 Å². The summed E-state index contributed by atoms with van der Waals surface area (Å²) in [5, 5.41) is 2.60. The Morgan fingerprint density at radius 2 is 1.85 bits per heavy atom. The van der Waals surface area contributed by atoms with Crippen LogP contribution in [0.2, 0.25) is 0 Å². The van der Waals surface area contributed by atoms with Crippen LogP contribution >= 0.6 is 0 Å². The first-order valence-electron chi connectivity index (χ1n) is 11.4. The molecule has 0 saturated carbocycles. The molecule has 1 N–H and O–H groups in total. The molecule has 2 aliphatic heterocycles. The number of halogens is 3. The summed E-state index contributed by atoms with van der Waals surface area (Å²) in [6.45, 7) is 8.09. The topological polar surface area (TPSA) is 73.0 Å². The van der Waals surface area contributed by atoms with Crippen LogP contribution in [0.1, 0.15) is 51.3 Å². The Morgan fingerprint density at radius 3 is 2.41 bits per heavy atom. The van der Waals surface area contributed by atoms with Crippen molar-refractivity contribution in [3.8, 4) is 0 Å². The van der Waals surface area contributed by atoms with Gasteiger partial charge in [-0.1, -0.05) is 32.0 Å². The number of carbonyl (C=O) groups is 3. The third kappa shape index (κ3) is 4.63. The van der Waals surface area contributed by atoms with E-state index in [4.69, 9.17) is 0 Å². The van der Waals surface area contributed by atoms with E-state index in [2.05, 4.69) is 5.32 Å². The number of likely N-dealkylation sites (N-methyl/N-ethyl adjacent to an activating group) is 2. The summed E-state index contributed by atoms with van der Waals surface area (Å²) in [6.07, 6.45) is -4.27. The number of alkyl halides is 3. The van der Waals surface area contributed by atoms with Crippen molar-refractivity contribution in [3.63, 3.8) is 0 Å². The number of rotatable bonds is 7. The van der Waals surface area contributed by atoms with E-state index >= 15 is 0 Å². The second-order valence-corrected chi connectivity index (χ2v) is 9.00. The Kier molecular flexibility index (Phi) is 7.28. The first-order chi connectivity index (χ1) is 15.9. The fraction of sp³-hybridized carbons (Fsp3) is 0.542. The van der Waals surface area contributed by atoms with E-state index in [0.29, 0.717) is 18.7 Å². The molecule has 186 valence electrons. The fourth-order valence-electron chi connectivity index (χ4n) is 4.56. The zero-order valence-corrected chi connectivity index (χ0v) is 20.1. The fourth-order valence-corrected chi connectivity index (χ4v) is 4.56. The van der Waals surface area contributed by atoms with Crippen molar-refractivity contribution in [1.29, 1.82) is 0 Å². The molecule has 0 saturated heterocycles. The van der Waals surface area contributed by atoms with Crippen molar-refractivity contribution in [1.82, 2.24) is 20.0 Å². The van der Waals surface area contributed by atoms with E-state index < -0.39 is 35.8 Å². The minimum atomic E-state index is -4.66. The lowest BCUT2D eigenvalue weighted by Gasteiger charge is -2.33. The third-order valence-corrected chi connectivity index (χ3v) is 6.35. The second-order valence-electron chi connectivity index (χ2n) is 9.00. The predicted octanol–water partition coefficient (Wildman–Crippen LogP) is 3.78. The summed E-state index contributed by atoms with van der Waals surface area (Å²) >= 11 is 0. The van der Waals surface area contributed by atoms with Crippen molar-refractivity contribution < 1.29 is 27.6 Å². The number of benzene rings is 1. The zero-order valence-electron chi connectivity index (χ0n) is 20.1. The molecule has 2 atom stereocenters. The van der Waals surface area contributed by atoms with Crippen molar-refractivity contribution in [2.45, 2.75) is 52.4 Å². The predicted molar refractivity (Wildman–Crippen MR) is 120 cm³/mol. The van der Waals surface area contributed by atoms with Crippen LogP contribution in [-0.4, -0.2) is 65.3 Å². The minimum absolute atomic E-state index is 0.0131. The lowest BCUT2D eigenvalue weighted by atomic mass is 9.91. The second kappa shape index (κ2) is 9.68. The number of nitrogens with one attached hydrogen (secondary N) is 1. The van der Waals surface area contributed by atoms with Gasteiger partial charge in [0.1, 0.15) is 6.04 Å². The van der Waals surface area contributed by atoms with Gasteiger partial charge in [0.2, 0.25) is 5.91 Å². The summed E-state index contributed by atoms with van der Waals surface area (Å²) in [4.78, 5) is 44.0. The SMILES string of the molecule is CCN(C)C(=O)C(CC(C)C)N1CC2=C(C1=O)C(c1ccccc1C(F)(F)F)NC(=O)N2CC. The highest BCUT2D eigenvalue weighted by molar-refractivity contribution is 6.03. The van der Waals surface area contributed by atoms with Crippen LogP contribution < -0.4 is 5.32 Å². The molecule has 0 spiro atoms. The highest BCUT2D eigenvalue weighted by atomic mass is 19.4. The Balaban J connectivity index is 2.11. The quantitative estimate of drug-likeness (QED) is 0.646. The van der Waals surface area contributed by atoms with E-state index in [1.807, 2.05) is 20.8 Å². The van der Waals surface area contributed by atoms with E-state index in [0.717, 1.165) is 6.07 Å². The van der Waals surface area contributed by atoms with E-state index in [1.54, 1.807) is 14.0 Å². The summed E-state index contributed by atoms with van der Waals surface area (Å²) in [5.41, 5.74) is -0.680. The van der Waals surface area contributed by atoms with Crippen LogP contribution in [0.15, 0.2) is 35.5 Å². The molecule has 1 aromatic carbocycles. The van der Waals surface area contributed by atoms with Crippen molar-refractivity contribution in [2.24, 2.45) is 5.92 Å². The molecule has 2 unspecified atom stereocenters. The highest BCUT2D eigenvalue weighted by Crippen LogP contribution is 2.42. The molecule has 3 rings (SSSR count). The van der Waals surface area contributed by atoms with E-state index in [9.17, 15) is 27.6 Å². The number of nitrogens with zero attached hydrogens (tertiary/aromatic N) is 3. The van der Waals surface area contributed by atoms with Gasteiger partial charge in [-0.15, -0.1) is 0 Å². The molecular weight excluding hydrogens is 449 g/mol. The molecular formula is C24H31F3N4O3. The normalized spacial score (nSPS) is 19.5. The van der Waals surface area contributed by atoms with Crippen LogP contribution in [0.25, 0.3) is 0 Å². The maximum absolute atomic E-state index is 13.8. The Hall–Kier alpha value is -3.04. The van der Waals surface area contributed by atoms with Gasteiger partial charge in [0.25, 0.3) is 5.91 Å². The van der Waals surface area contributed by atoms with Crippen molar-refractivity contribution in [2.75, 3.05) is 26.7 Å². The largest absolute Gasteiger partial charge is 0.416 e. The van der Waals surface area contributed by atoms with Crippen LogP contribution in [0.4, 0.5) is 18.0 Å². The number of hydrogen-bond acceptors (Lipinski definition) is 3. The van der Waals surface area contributed by atoms with Crippen LogP contribution in [0.5, 0.6) is 0 Å². The number of amides is 4. The molecule has 34 heavy (non-hydrogen) atoms.